The van der Waals surface area contributed by atoms with Gasteiger partial charge in [0.1, 0.15) is 12.4 Å². The zero-order valence-corrected chi connectivity index (χ0v) is 14.4. The van der Waals surface area contributed by atoms with Gasteiger partial charge >= 0.3 is 0 Å². The van der Waals surface area contributed by atoms with E-state index < -0.39 is 6.10 Å². The molecular weight excluding hydrogens is 306 g/mol. The van der Waals surface area contributed by atoms with Gasteiger partial charge in [-0.3, -0.25) is 4.79 Å². The highest BCUT2D eigenvalue weighted by Gasteiger charge is 2.50. The Morgan fingerprint density at radius 2 is 2.08 bits per heavy atom. The molecule has 1 heterocycles. The van der Waals surface area contributed by atoms with Crippen LogP contribution in [0.2, 0.25) is 0 Å². The molecule has 5 heteroatoms. The molecule has 1 amide bonds. The van der Waals surface area contributed by atoms with Crippen LogP contribution in [0.4, 0.5) is 0 Å². The number of hydrogen-bond acceptors (Lipinski definition) is 4. The van der Waals surface area contributed by atoms with Crippen LogP contribution in [0.1, 0.15) is 48.9 Å². The van der Waals surface area contributed by atoms with Crippen molar-refractivity contribution in [1.82, 2.24) is 4.90 Å². The molecule has 0 bridgehead atoms. The first-order chi connectivity index (χ1) is 11.7. The predicted octanol–water partition coefficient (Wildman–Crippen LogP) is 2.62. The van der Waals surface area contributed by atoms with Gasteiger partial charge in [0.05, 0.1) is 18.2 Å². The van der Waals surface area contributed by atoms with Crippen molar-refractivity contribution in [1.29, 1.82) is 0 Å². The fraction of sp³-hybridized carbons (Fsp3) is 0.632. The fourth-order valence-electron chi connectivity index (χ4n) is 4.11. The molecule has 1 aliphatic heterocycles. The normalized spacial score (nSPS) is 22.8. The van der Waals surface area contributed by atoms with Gasteiger partial charge in [-0.15, -0.1) is 0 Å². The molecule has 1 aliphatic carbocycles. The Balaban J connectivity index is 1.77. The van der Waals surface area contributed by atoms with Crippen molar-refractivity contribution in [2.24, 2.45) is 0 Å². The van der Waals surface area contributed by atoms with Gasteiger partial charge in [-0.1, -0.05) is 25.3 Å². The molecule has 1 saturated heterocycles. The lowest BCUT2D eigenvalue weighted by atomic mass is 9.78. The molecule has 2 aliphatic rings. The molecule has 1 unspecified atom stereocenters. The van der Waals surface area contributed by atoms with Crippen LogP contribution in [0.15, 0.2) is 24.3 Å². The summed E-state index contributed by atoms with van der Waals surface area (Å²) in [5.74, 6) is 0.681. The van der Waals surface area contributed by atoms with E-state index in [0.717, 1.165) is 25.7 Å². The first-order valence-electron chi connectivity index (χ1n) is 8.89. The van der Waals surface area contributed by atoms with Crippen LogP contribution < -0.4 is 4.74 Å². The summed E-state index contributed by atoms with van der Waals surface area (Å²) in [6, 6.07) is 7.31. The van der Waals surface area contributed by atoms with Crippen molar-refractivity contribution in [3.8, 4) is 5.75 Å². The number of rotatable bonds is 5. The number of ether oxygens (including phenoxy) is 2. The van der Waals surface area contributed by atoms with Crippen molar-refractivity contribution in [3.05, 3.63) is 29.8 Å². The molecule has 1 saturated carbocycles. The van der Waals surface area contributed by atoms with Crippen LogP contribution in [0.5, 0.6) is 5.75 Å². The molecule has 0 radical (unpaired) electrons. The lowest BCUT2D eigenvalue weighted by molar-refractivity contribution is 0.00317. The topological polar surface area (TPSA) is 59.0 Å². The van der Waals surface area contributed by atoms with Gasteiger partial charge in [0, 0.05) is 19.2 Å². The summed E-state index contributed by atoms with van der Waals surface area (Å²) in [4.78, 5) is 15.0. The molecule has 1 spiro atoms. The van der Waals surface area contributed by atoms with Crippen LogP contribution >= 0.6 is 0 Å². The number of aliphatic hydroxyl groups excluding tert-OH is 1. The number of carbonyl (C=O) groups excluding carboxylic acids is 1. The Morgan fingerprint density at radius 3 is 2.83 bits per heavy atom. The SMILES string of the molecule is COCCOc1cccc(C(=O)N2CCC(O)C23CCCCC3)c1. The zero-order valence-electron chi connectivity index (χ0n) is 14.4. The lowest BCUT2D eigenvalue weighted by Gasteiger charge is -2.43. The Kier molecular flexibility index (Phi) is 5.41. The van der Waals surface area contributed by atoms with Gasteiger partial charge in [-0.05, 0) is 37.5 Å². The van der Waals surface area contributed by atoms with Crippen LogP contribution in [-0.4, -0.2) is 54.4 Å². The molecule has 2 fully saturated rings. The van der Waals surface area contributed by atoms with Gasteiger partial charge in [-0.2, -0.15) is 0 Å². The Morgan fingerprint density at radius 1 is 1.29 bits per heavy atom. The molecule has 24 heavy (non-hydrogen) atoms. The number of nitrogens with zero attached hydrogens (tertiary/aromatic N) is 1. The fourth-order valence-corrected chi connectivity index (χ4v) is 4.11. The van der Waals surface area contributed by atoms with Crippen molar-refractivity contribution < 1.29 is 19.4 Å². The van der Waals surface area contributed by atoms with Crippen molar-refractivity contribution in [3.63, 3.8) is 0 Å². The molecule has 5 nitrogen and oxygen atoms in total. The van der Waals surface area contributed by atoms with Crippen LogP contribution in [0, 0.1) is 0 Å². The minimum atomic E-state index is -0.400. The second-order valence-electron chi connectivity index (χ2n) is 6.79. The maximum Gasteiger partial charge on any atom is 0.254 e. The maximum atomic E-state index is 13.1. The molecule has 1 aromatic rings. The van der Waals surface area contributed by atoms with E-state index in [9.17, 15) is 9.90 Å². The minimum Gasteiger partial charge on any atom is -0.491 e. The average Bonchev–Trinajstić information content (AvgIpc) is 2.92. The summed E-state index contributed by atoms with van der Waals surface area (Å²) in [5.41, 5.74) is 0.270. The van der Waals surface area contributed by atoms with E-state index >= 15 is 0 Å². The van der Waals surface area contributed by atoms with Crippen molar-refractivity contribution in [2.75, 3.05) is 26.9 Å². The highest BCUT2D eigenvalue weighted by Crippen LogP contribution is 2.42. The maximum absolute atomic E-state index is 13.1. The summed E-state index contributed by atoms with van der Waals surface area (Å²) in [6.07, 6.45) is 5.45. The minimum absolute atomic E-state index is 0.00522. The van der Waals surface area contributed by atoms with Crippen molar-refractivity contribution in [2.45, 2.75) is 50.2 Å². The number of hydrogen-bond donors (Lipinski definition) is 1. The van der Waals surface area contributed by atoms with E-state index in [-0.39, 0.29) is 11.4 Å². The van der Waals surface area contributed by atoms with Gasteiger partial charge in [0.15, 0.2) is 0 Å². The number of likely N-dealkylation sites (tertiary alicyclic amines) is 1. The average molecular weight is 333 g/mol. The Bertz CT molecular complexity index is 568. The summed E-state index contributed by atoms with van der Waals surface area (Å²) in [5, 5.41) is 10.5. The third kappa shape index (κ3) is 3.28. The second-order valence-corrected chi connectivity index (χ2v) is 6.79. The molecule has 1 aromatic carbocycles. The number of amides is 1. The number of aliphatic hydroxyl groups is 1. The summed E-state index contributed by atoms with van der Waals surface area (Å²) in [6.45, 7) is 1.61. The largest absolute Gasteiger partial charge is 0.491 e. The summed E-state index contributed by atoms with van der Waals surface area (Å²) >= 11 is 0. The van der Waals surface area contributed by atoms with E-state index in [4.69, 9.17) is 9.47 Å². The summed E-state index contributed by atoms with van der Waals surface area (Å²) < 4.78 is 10.6. The van der Waals surface area contributed by atoms with E-state index in [1.165, 1.54) is 6.42 Å². The van der Waals surface area contributed by atoms with Crippen molar-refractivity contribution >= 4 is 5.91 Å². The number of benzene rings is 1. The second kappa shape index (κ2) is 7.53. The Hall–Kier alpha value is -1.59. The van der Waals surface area contributed by atoms with E-state index in [1.54, 1.807) is 13.2 Å². The number of carbonyl (C=O) groups is 1. The zero-order chi connectivity index (χ0) is 17.0. The molecule has 1 atom stereocenters. The van der Waals surface area contributed by atoms with Gasteiger partial charge in [-0.25, -0.2) is 0 Å². The first-order valence-corrected chi connectivity index (χ1v) is 8.89. The van der Waals surface area contributed by atoms with E-state index in [2.05, 4.69) is 0 Å². The standard InChI is InChI=1S/C19H27NO4/c1-23-12-13-24-16-7-5-6-15(14-16)18(22)20-11-8-17(21)19(20)9-3-2-4-10-19/h5-7,14,17,21H,2-4,8-13H2,1H3. The molecule has 3 rings (SSSR count). The lowest BCUT2D eigenvalue weighted by Crippen LogP contribution is -2.54. The molecular formula is C19H27NO4. The van der Waals surface area contributed by atoms with E-state index in [0.29, 0.717) is 37.5 Å². The van der Waals surface area contributed by atoms with Crippen LogP contribution in [0.25, 0.3) is 0 Å². The van der Waals surface area contributed by atoms with Gasteiger partial charge in [0.2, 0.25) is 0 Å². The molecule has 0 aromatic heterocycles. The van der Waals surface area contributed by atoms with Gasteiger partial charge in [0.25, 0.3) is 5.91 Å². The first kappa shape index (κ1) is 17.2. The summed E-state index contributed by atoms with van der Waals surface area (Å²) in [7, 11) is 1.63. The van der Waals surface area contributed by atoms with Crippen LogP contribution in [-0.2, 0) is 4.74 Å². The highest BCUT2D eigenvalue weighted by molar-refractivity contribution is 5.95. The van der Waals surface area contributed by atoms with Gasteiger partial charge < -0.3 is 19.5 Å². The quantitative estimate of drug-likeness (QED) is 0.842. The predicted molar refractivity (Wildman–Crippen MR) is 91.3 cm³/mol. The molecule has 132 valence electrons. The number of methoxy groups -OCH3 is 1. The van der Waals surface area contributed by atoms with Crippen LogP contribution in [0.3, 0.4) is 0 Å². The smallest absolute Gasteiger partial charge is 0.254 e. The Labute approximate surface area is 143 Å². The highest BCUT2D eigenvalue weighted by atomic mass is 16.5. The monoisotopic (exact) mass is 333 g/mol. The van der Waals surface area contributed by atoms with E-state index in [1.807, 2.05) is 23.1 Å². The molecule has 1 N–H and O–H groups in total. The third-order valence-corrected chi connectivity index (χ3v) is 5.39. The third-order valence-electron chi connectivity index (χ3n) is 5.39.